The second-order valence-electron chi connectivity index (χ2n) is 12.6. The molecule has 10 heteroatoms. The van der Waals surface area contributed by atoms with Crippen LogP contribution in [0.25, 0.3) is 11.1 Å². The van der Waals surface area contributed by atoms with Gasteiger partial charge in [0.2, 0.25) is 0 Å². The van der Waals surface area contributed by atoms with Crippen molar-refractivity contribution in [3.05, 3.63) is 163 Å². The molecule has 0 aliphatic carbocycles. The van der Waals surface area contributed by atoms with Crippen LogP contribution in [0.4, 0.5) is 11.4 Å². The molecule has 5 aromatic carbocycles. The predicted octanol–water partition coefficient (Wildman–Crippen LogP) is 11.1. The molecule has 0 spiro atoms. The highest BCUT2D eigenvalue weighted by molar-refractivity contribution is 6.53. The lowest BCUT2D eigenvalue weighted by molar-refractivity contribution is 0.0300. The van der Waals surface area contributed by atoms with E-state index < -0.39 is 11.6 Å². The second-order valence-corrected chi connectivity index (χ2v) is 14.1. The van der Waals surface area contributed by atoms with Gasteiger partial charge in [0.05, 0.1) is 39.9 Å². The molecule has 52 heavy (non-hydrogen) atoms. The molecule has 0 saturated carbocycles. The molecule has 5 aromatic rings. The molecule has 266 valence electrons. The number of nitrogens with zero attached hydrogens (tertiary/aromatic N) is 2. The Morgan fingerprint density at radius 1 is 0.596 bits per heavy atom. The lowest BCUT2D eigenvalue weighted by Crippen LogP contribution is -2.23. The Morgan fingerprint density at radius 2 is 1.00 bits per heavy atom. The number of benzene rings is 5. The van der Waals surface area contributed by atoms with Crippen LogP contribution >= 0.6 is 46.4 Å². The minimum atomic E-state index is -1.69. The molecule has 0 radical (unpaired) electrons. The number of halogens is 4. The van der Waals surface area contributed by atoms with Gasteiger partial charge in [-0.3, -0.25) is 0 Å². The average Bonchev–Trinajstić information content (AvgIpc) is 3.45. The molecule has 0 saturated heterocycles. The highest BCUT2D eigenvalue weighted by Gasteiger charge is 2.48. The smallest absolute Gasteiger partial charge is 0.341 e. The van der Waals surface area contributed by atoms with E-state index in [0.717, 1.165) is 33.6 Å². The van der Waals surface area contributed by atoms with Crippen LogP contribution < -0.4 is 19.3 Å². The Labute approximate surface area is 324 Å². The van der Waals surface area contributed by atoms with E-state index in [9.17, 15) is 4.79 Å². The van der Waals surface area contributed by atoms with Crippen molar-refractivity contribution < 1.29 is 19.0 Å². The zero-order valence-electron chi connectivity index (χ0n) is 29.4. The van der Waals surface area contributed by atoms with Crippen molar-refractivity contribution in [1.29, 1.82) is 0 Å². The summed E-state index contributed by atoms with van der Waals surface area (Å²) in [6.45, 7) is 0. The maximum Gasteiger partial charge on any atom is 0.341 e. The number of cyclic esters (lactones) is 1. The minimum Gasteiger partial charge on any atom is -0.496 e. The summed E-state index contributed by atoms with van der Waals surface area (Å²) in [7, 11) is 11.1. The molecule has 0 amide bonds. The summed E-state index contributed by atoms with van der Waals surface area (Å²) in [5, 5.41) is -0.0571. The zero-order valence-corrected chi connectivity index (χ0v) is 32.5. The van der Waals surface area contributed by atoms with Gasteiger partial charge in [-0.05, 0) is 70.8 Å². The van der Waals surface area contributed by atoms with Gasteiger partial charge in [0.15, 0.2) is 5.60 Å². The van der Waals surface area contributed by atoms with Crippen LogP contribution in [0.1, 0.15) is 38.2 Å². The van der Waals surface area contributed by atoms with Crippen molar-refractivity contribution in [1.82, 2.24) is 0 Å². The zero-order chi connectivity index (χ0) is 37.3. The van der Waals surface area contributed by atoms with E-state index in [4.69, 9.17) is 60.6 Å². The molecule has 0 atom stereocenters. The first-order chi connectivity index (χ1) is 24.9. The van der Waals surface area contributed by atoms with Crippen LogP contribution in [-0.4, -0.2) is 48.4 Å². The summed E-state index contributed by atoms with van der Waals surface area (Å²) in [5.41, 5.74) is 5.14. The highest BCUT2D eigenvalue weighted by atomic mass is 35.5. The van der Waals surface area contributed by atoms with Crippen LogP contribution in [0.2, 0.25) is 20.1 Å². The number of fused-ring (bicyclic) bond motifs is 1. The lowest BCUT2D eigenvalue weighted by atomic mass is 9.82. The number of methoxy groups -OCH3 is 2. The first-order valence-corrected chi connectivity index (χ1v) is 17.8. The van der Waals surface area contributed by atoms with Crippen LogP contribution in [0.3, 0.4) is 0 Å². The van der Waals surface area contributed by atoms with E-state index in [2.05, 4.69) is 0 Å². The van der Waals surface area contributed by atoms with Crippen LogP contribution in [0.5, 0.6) is 11.5 Å². The number of anilines is 2. The number of para-hydroxylation sites is 2. The van der Waals surface area contributed by atoms with Crippen molar-refractivity contribution in [3.63, 3.8) is 0 Å². The average molecular weight is 775 g/mol. The maximum absolute atomic E-state index is 14.1. The second kappa shape index (κ2) is 15.2. The maximum atomic E-state index is 14.1. The SMILES string of the molecule is COc1ccccc1C(=CC1(C=C(c2ccc(N(C)C)cc2)c2ccccc2OC)OC(=O)c2c(Cl)c(Cl)c(Cl)c(Cl)c21)c1ccc(N(C)C)cc1. The number of carbonyl (C=O) groups is 1. The number of hydrogen-bond acceptors (Lipinski definition) is 6. The molecule has 1 heterocycles. The largest absolute Gasteiger partial charge is 0.496 e. The van der Waals surface area contributed by atoms with Crippen molar-refractivity contribution in [3.8, 4) is 11.5 Å². The summed E-state index contributed by atoms with van der Waals surface area (Å²) in [6.07, 6.45) is 3.74. The van der Waals surface area contributed by atoms with E-state index >= 15 is 0 Å². The minimum absolute atomic E-state index is 0.0000801. The Morgan fingerprint density at radius 3 is 1.40 bits per heavy atom. The fourth-order valence-electron chi connectivity index (χ4n) is 6.37. The third-order valence-corrected chi connectivity index (χ3v) is 10.8. The highest BCUT2D eigenvalue weighted by Crippen LogP contribution is 2.54. The van der Waals surface area contributed by atoms with Crippen molar-refractivity contribution >= 4 is 74.9 Å². The van der Waals surface area contributed by atoms with Crippen LogP contribution in [-0.2, 0) is 10.3 Å². The third kappa shape index (κ3) is 6.84. The molecule has 0 fully saturated rings. The fourth-order valence-corrected chi connectivity index (χ4v) is 7.44. The molecular formula is C42H36Cl4N2O4. The molecule has 0 aromatic heterocycles. The summed E-state index contributed by atoms with van der Waals surface area (Å²) in [4.78, 5) is 18.2. The van der Waals surface area contributed by atoms with Gasteiger partial charge in [-0.1, -0.05) is 107 Å². The number of hydrogen-bond donors (Lipinski definition) is 0. The summed E-state index contributed by atoms with van der Waals surface area (Å²) in [6, 6.07) is 31.4. The monoisotopic (exact) mass is 772 g/mol. The van der Waals surface area contributed by atoms with E-state index in [1.54, 1.807) is 14.2 Å². The van der Waals surface area contributed by atoms with Gasteiger partial charge in [0.1, 0.15) is 11.5 Å². The normalized spacial score (nSPS) is 15.6. The third-order valence-electron chi connectivity index (χ3n) is 9.02. The number of rotatable bonds is 10. The molecule has 1 aliphatic rings. The van der Waals surface area contributed by atoms with Gasteiger partial charge in [-0.2, -0.15) is 0 Å². The van der Waals surface area contributed by atoms with Gasteiger partial charge >= 0.3 is 5.97 Å². The molecule has 1 aliphatic heterocycles. The van der Waals surface area contributed by atoms with Gasteiger partial charge in [-0.15, -0.1) is 0 Å². The van der Waals surface area contributed by atoms with Crippen molar-refractivity contribution in [2.24, 2.45) is 0 Å². The number of esters is 1. The van der Waals surface area contributed by atoms with Gasteiger partial charge in [-0.25, -0.2) is 4.79 Å². The first kappa shape index (κ1) is 37.2. The summed E-state index contributed by atoms with van der Waals surface area (Å²) >= 11 is 27.2. The quantitative estimate of drug-likeness (QED) is 0.0800. The summed E-state index contributed by atoms with van der Waals surface area (Å²) < 4.78 is 18.3. The molecule has 0 unspecified atom stereocenters. The Hall–Kier alpha value is -4.59. The van der Waals surface area contributed by atoms with Crippen molar-refractivity contribution in [2.75, 3.05) is 52.2 Å². The Bertz CT molecular complexity index is 2100. The molecule has 0 N–H and O–H groups in total. The van der Waals surface area contributed by atoms with E-state index in [-0.39, 0.29) is 31.2 Å². The van der Waals surface area contributed by atoms with E-state index in [0.29, 0.717) is 22.6 Å². The standard InChI is InChI=1S/C42H36Cl4N2O4/c1-47(2)27-19-15-25(16-20-27)31(29-11-7-9-13-33(29)50-5)23-42(36-35(41(49)52-42)37(43)39(45)40(46)38(36)44)24-32(30-12-8-10-14-34(30)51-6)26-17-21-28(22-18-26)48(3)4/h7-24H,1-6H3. The topological polar surface area (TPSA) is 51.2 Å². The molecule has 6 nitrogen and oxygen atoms in total. The fraction of sp³-hybridized carbons (Fsp3) is 0.167. The van der Waals surface area contributed by atoms with Gasteiger partial charge < -0.3 is 24.0 Å². The lowest BCUT2D eigenvalue weighted by Gasteiger charge is -2.28. The first-order valence-electron chi connectivity index (χ1n) is 16.3. The van der Waals surface area contributed by atoms with Crippen LogP contribution in [0, 0.1) is 0 Å². The van der Waals surface area contributed by atoms with Gasteiger partial charge in [0.25, 0.3) is 0 Å². The van der Waals surface area contributed by atoms with Crippen molar-refractivity contribution in [2.45, 2.75) is 5.60 Å². The van der Waals surface area contributed by atoms with E-state index in [1.165, 1.54) is 0 Å². The van der Waals surface area contributed by atoms with E-state index in [1.807, 2.05) is 147 Å². The van der Waals surface area contributed by atoms with Crippen LogP contribution in [0.15, 0.2) is 109 Å². The number of carbonyl (C=O) groups excluding carboxylic acids is 1. The Kier molecular flexibility index (Phi) is 10.8. The molecule has 6 rings (SSSR count). The predicted molar refractivity (Wildman–Crippen MR) is 215 cm³/mol. The number of ether oxygens (including phenoxy) is 3. The molecular weight excluding hydrogens is 738 g/mol. The molecule has 0 bridgehead atoms. The van der Waals surface area contributed by atoms with Gasteiger partial charge in [0, 0.05) is 56.3 Å². The summed E-state index contributed by atoms with van der Waals surface area (Å²) in [5.74, 6) is 0.505. The Balaban J connectivity index is 1.79.